The molecule has 0 radical (unpaired) electrons. The molecule has 0 unspecified atom stereocenters. The molecule has 90 valence electrons. The third-order valence-corrected chi connectivity index (χ3v) is 3.20. The number of benzene rings is 1. The lowest BCUT2D eigenvalue weighted by Crippen LogP contribution is -2.06. The van der Waals surface area contributed by atoms with Gasteiger partial charge in [-0.2, -0.15) is 13.2 Å². The van der Waals surface area contributed by atoms with E-state index in [9.17, 15) is 13.2 Å². The monoisotopic (exact) mass is 249 g/mol. The molecule has 1 aromatic carbocycles. The standard InChI is InChI=1S/C11H14F3NS/c1-8-3-4-10(9(15)7-8)16-6-2-5-11(12,13)14/h3-4,7H,2,5-6,15H2,1H3. The van der Waals surface area contributed by atoms with Crippen LogP contribution in [0.4, 0.5) is 18.9 Å². The number of hydrogen-bond donors (Lipinski definition) is 1. The van der Waals surface area contributed by atoms with Crippen molar-refractivity contribution in [1.29, 1.82) is 0 Å². The quantitative estimate of drug-likeness (QED) is 0.495. The molecule has 0 bridgehead atoms. The van der Waals surface area contributed by atoms with Gasteiger partial charge in [0.05, 0.1) is 0 Å². The van der Waals surface area contributed by atoms with Crippen molar-refractivity contribution in [2.24, 2.45) is 0 Å². The van der Waals surface area contributed by atoms with Crippen molar-refractivity contribution < 1.29 is 13.2 Å². The van der Waals surface area contributed by atoms with Gasteiger partial charge in [0.2, 0.25) is 0 Å². The second kappa shape index (κ2) is 5.48. The maximum absolute atomic E-state index is 11.9. The van der Waals surface area contributed by atoms with Crippen LogP contribution >= 0.6 is 11.8 Å². The highest BCUT2D eigenvalue weighted by molar-refractivity contribution is 7.99. The van der Waals surface area contributed by atoms with Crippen LogP contribution in [0.5, 0.6) is 0 Å². The Bertz CT molecular complexity index is 350. The molecule has 16 heavy (non-hydrogen) atoms. The van der Waals surface area contributed by atoms with E-state index < -0.39 is 12.6 Å². The largest absolute Gasteiger partial charge is 0.398 e. The van der Waals surface area contributed by atoms with Gasteiger partial charge in [-0.05, 0) is 36.8 Å². The van der Waals surface area contributed by atoms with Crippen LogP contribution < -0.4 is 5.73 Å². The maximum Gasteiger partial charge on any atom is 0.389 e. The van der Waals surface area contributed by atoms with Crippen LogP contribution in [0.25, 0.3) is 0 Å². The van der Waals surface area contributed by atoms with Gasteiger partial charge in [0.15, 0.2) is 0 Å². The summed E-state index contributed by atoms with van der Waals surface area (Å²) in [6.07, 6.45) is -4.66. The third-order valence-electron chi connectivity index (χ3n) is 2.03. The number of aryl methyl sites for hydroxylation is 1. The highest BCUT2D eigenvalue weighted by atomic mass is 32.2. The van der Waals surface area contributed by atoms with E-state index in [2.05, 4.69) is 0 Å². The van der Waals surface area contributed by atoms with Crippen molar-refractivity contribution in [3.8, 4) is 0 Å². The zero-order valence-corrected chi connectivity index (χ0v) is 9.79. The lowest BCUT2D eigenvalue weighted by Gasteiger charge is -2.07. The van der Waals surface area contributed by atoms with Gasteiger partial charge in [-0.3, -0.25) is 0 Å². The van der Waals surface area contributed by atoms with Crippen molar-refractivity contribution in [3.05, 3.63) is 23.8 Å². The van der Waals surface area contributed by atoms with E-state index in [-0.39, 0.29) is 6.42 Å². The first-order chi connectivity index (χ1) is 7.38. The summed E-state index contributed by atoms with van der Waals surface area (Å²) in [6, 6.07) is 5.58. The van der Waals surface area contributed by atoms with Gasteiger partial charge in [0, 0.05) is 17.0 Å². The van der Waals surface area contributed by atoms with E-state index in [0.717, 1.165) is 10.5 Å². The summed E-state index contributed by atoms with van der Waals surface area (Å²) in [5.74, 6) is 0.437. The van der Waals surface area contributed by atoms with Crippen LogP contribution in [0.15, 0.2) is 23.1 Å². The molecule has 2 N–H and O–H groups in total. The summed E-state index contributed by atoms with van der Waals surface area (Å²) in [5.41, 5.74) is 7.44. The van der Waals surface area contributed by atoms with E-state index >= 15 is 0 Å². The van der Waals surface area contributed by atoms with Crippen LogP contribution in [0.2, 0.25) is 0 Å². The number of alkyl halides is 3. The average molecular weight is 249 g/mol. The van der Waals surface area contributed by atoms with E-state index in [1.54, 1.807) is 0 Å². The minimum absolute atomic E-state index is 0.126. The lowest BCUT2D eigenvalue weighted by molar-refractivity contribution is -0.134. The third kappa shape index (κ3) is 4.79. The first-order valence-corrected chi connectivity index (χ1v) is 5.93. The molecule has 0 amide bonds. The molecule has 1 aromatic rings. The topological polar surface area (TPSA) is 26.0 Å². The summed E-state index contributed by atoms with van der Waals surface area (Å²) in [5, 5.41) is 0. The molecular weight excluding hydrogens is 235 g/mol. The molecule has 0 saturated heterocycles. The fourth-order valence-corrected chi connectivity index (χ4v) is 2.15. The number of anilines is 1. The summed E-state index contributed by atoms with van der Waals surface area (Å²) in [4.78, 5) is 0.854. The molecule has 1 nitrogen and oxygen atoms in total. The number of nitrogens with two attached hydrogens (primary N) is 1. The van der Waals surface area contributed by atoms with Crippen LogP contribution in [0, 0.1) is 6.92 Å². The second-order valence-electron chi connectivity index (χ2n) is 3.61. The fourth-order valence-electron chi connectivity index (χ4n) is 1.25. The van der Waals surface area contributed by atoms with Gasteiger partial charge in [-0.1, -0.05) is 6.07 Å². The number of rotatable bonds is 4. The summed E-state index contributed by atoms with van der Waals surface area (Å²) >= 11 is 1.37. The Kier molecular flexibility index (Phi) is 4.53. The average Bonchev–Trinajstić information content (AvgIpc) is 2.13. The van der Waals surface area contributed by atoms with Gasteiger partial charge in [-0.15, -0.1) is 11.8 Å². The van der Waals surface area contributed by atoms with Crippen molar-refractivity contribution in [1.82, 2.24) is 0 Å². The summed E-state index contributed by atoms with van der Waals surface area (Å²) in [6.45, 7) is 1.93. The Morgan fingerprint density at radius 3 is 2.56 bits per heavy atom. The zero-order valence-electron chi connectivity index (χ0n) is 8.97. The highest BCUT2D eigenvalue weighted by Gasteiger charge is 2.25. The molecular formula is C11H14F3NS. The molecule has 5 heteroatoms. The predicted octanol–water partition coefficient (Wildman–Crippen LogP) is 4.01. The van der Waals surface area contributed by atoms with Crippen molar-refractivity contribution in [2.45, 2.75) is 30.8 Å². The Labute approximate surface area is 97.2 Å². The predicted molar refractivity (Wildman–Crippen MR) is 61.6 cm³/mol. The number of nitrogen functional groups attached to an aromatic ring is 1. The number of thioether (sulfide) groups is 1. The van der Waals surface area contributed by atoms with Gasteiger partial charge in [0.1, 0.15) is 0 Å². The maximum atomic E-state index is 11.9. The first kappa shape index (κ1) is 13.2. The summed E-state index contributed by atoms with van der Waals surface area (Å²) in [7, 11) is 0. The molecule has 0 aliphatic heterocycles. The van der Waals surface area contributed by atoms with E-state index in [1.807, 2.05) is 25.1 Å². The van der Waals surface area contributed by atoms with Crippen LogP contribution in [-0.2, 0) is 0 Å². The van der Waals surface area contributed by atoms with Gasteiger partial charge in [-0.25, -0.2) is 0 Å². The minimum atomic E-state index is -4.06. The highest BCUT2D eigenvalue weighted by Crippen LogP contribution is 2.28. The minimum Gasteiger partial charge on any atom is -0.398 e. The fraction of sp³-hybridized carbons (Fsp3) is 0.455. The molecule has 0 aromatic heterocycles. The van der Waals surface area contributed by atoms with Crippen LogP contribution in [-0.4, -0.2) is 11.9 Å². The van der Waals surface area contributed by atoms with Crippen molar-refractivity contribution in [3.63, 3.8) is 0 Å². The van der Waals surface area contributed by atoms with Gasteiger partial charge < -0.3 is 5.73 Å². The van der Waals surface area contributed by atoms with E-state index in [4.69, 9.17) is 5.73 Å². The van der Waals surface area contributed by atoms with Gasteiger partial charge in [0.25, 0.3) is 0 Å². The van der Waals surface area contributed by atoms with E-state index in [1.165, 1.54) is 11.8 Å². The van der Waals surface area contributed by atoms with Crippen LogP contribution in [0.3, 0.4) is 0 Å². The number of hydrogen-bond acceptors (Lipinski definition) is 2. The SMILES string of the molecule is Cc1ccc(SCCCC(F)(F)F)c(N)c1. The molecule has 0 atom stereocenters. The normalized spacial score (nSPS) is 11.8. The molecule has 0 fully saturated rings. The molecule has 1 rings (SSSR count). The summed E-state index contributed by atoms with van der Waals surface area (Å²) < 4.78 is 35.6. The van der Waals surface area contributed by atoms with E-state index in [0.29, 0.717) is 11.4 Å². The Morgan fingerprint density at radius 1 is 1.31 bits per heavy atom. The Morgan fingerprint density at radius 2 is 2.00 bits per heavy atom. The molecule has 0 heterocycles. The van der Waals surface area contributed by atoms with Gasteiger partial charge >= 0.3 is 6.18 Å². The molecule has 0 saturated carbocycles. The van der Waals surface area contributed by atoms with Crippen molar-refractivity contribution in [2.75, 3.05) is 11.5 Å². The Hall–Kier alpha value is -0.840. The lowest BCUT2D eigenvalue weighted by atomic mass is 10.2. The zero-order chi connectivity index (χ0) is 12.2. The molecule has 0 aliphatic rings. The Balaban J connectivity index is 2.38. The number of halogens is 3. The van der Waals surface area contributed by atoms with Crippen LogP contribution in [0.1, 0.15) is 18.4 Å². The smallest absolute Gasteiger partial charge is 0.389 e. The first-order valence-electron chi connectivity index (χ1n) is 4.94. The van der Waals surface area contributed by atoms with Crippen molar-refractivity contribution >= 4 is 17.4 Å². The molecule has 0 spiro atoms. The molecule has 0 aliphatic carbocycles. The second-order valence-corrected chi connectivity index (χ2v) is 4.75.